The summed E-state index contributed by atoms with van der Waals surface area (Å²) >= 11 is 0. The lowest BCUT2D eigenvalue weighted by Gasteiger charge is -2.27. The first-order chi connectivity index (χ1) is 19.1. The summed E-state index contributed by atoms with van der Waals surface area (Å²) in [5, 5.41) is 10.2. The predicted molar refractivity (Wildman–Crippen MR) is 157 cm³/mol. The minimum atomic E-state index is 0.0796. The monoisotopic (exact) mass is 533 g/mol. The summed E-state index contributed by atoms with van der Waals surface area (Å²) in [5.74, 6) is 1.39. The maximum Gasteiger partial charge on any atom is 0.253 e. The maximum absolute atomic E-state index is 12.9. The lowest BCUT2D eigenvalue weighted by atomic mass is 10.1. The minimum absolute atomic E-state index is 0.0796. The highest BCUT2D eigenvalue weighted by Crippen LogP contribution is 2.33. The minimum Gasteiger partial charge on any atom is -0.354 e. The van der Waals surface area contributed by atoms with E-state index >= 15 is 0 Å². The Hall–Kier alpha value is -3.24. The molecule has 10 nitrogen and oxygen atoms in total. The Labute approximate surface area is 231 Å². The van der Waals surface area contributed by atoms with Crippen LogP contribution in [-0.2, 0) is 0 Å². The third kappa shape index (κ3) is 7.05. The number of unbranched alkanes of at least 4 members (excludes halogenated alkanes) is 3. The van der Waals surface area contributed by atoms with E-state index in [0.29, 0.717) is 23.4 Å². The summed E-state index contributed by atoms with van der Waals surface area (Å²) in [6, 6.07) is 8.10. The fourth-order valence-corrected chi connectivity index (χ4v) is 5.52. The number of imidazole rings is 1. The second-order valence-corrected chi connectivity index (χ2v) is 11.0. The van der Waals surface area contributed by atoms with Gasteiger partial charge in [-0.3, -0.25) is 4.79 Å². The Kier molecular flexibility index (Phi) is 9.26. The van der Waals surface area contributed by atoms with Crippen molar-refractivity contribution in [1.29, 1.82) is 0 Å². The van der Waals surface area contributed by atoms with Crippen molar-refractivity contribution in [2.75, 3.05) is 64.0 Å². The zero-order valence-corrected chi connectivity index (χ0v) is 23.5. The van der Waals surface area contributed by atoms with E-state index in [1.807, 2.05) is 35.5 Å². The number of anilines is 3. The second-order valence-electron chi connectivity index (χ2n) is 11.0. The number of nitrogens with one attached hydrogen (secondary N) is 3. The smallest absolute Gasteiger partial charge is 0.253 e. The van der Waals surface area contributed by atoms with Crippen molar-refractivity contribution in [3.8, 4) is 0 Å². The SMILES string of the molecule is CN(C)CCCCCCNc1nc(Nc2ccc(C(=O)N3CCNCC3)cc2)c2ncn(C3CCCC3)c2n1. The van der Waals surface area contributed by atoms with Gasteiger partial charge in [0.05, 0.1) is 6.33 Å². The van der Waals surface area contributed by atoms with Crippen LogP contribution in [0.15, 0.2) is 30.6 Å². The van der Waals surface area contributed by atoms with Crippen LogP contribution in [0.4, 0.5) is 17.5 Å². The van der Waals surface area contributed by atoms with Crippen molar-refractivity contribution in [3.05, 3.63) is 36.2 Å². The predicted octanol–water partition coefficient (Wildman–Crippen LogP) is 4.26. The highest BCUT2D eigenvalue weighted by atomic mass is 16.2. The van der Waals surface area contributed by atoms with E-state index in [-0.39, 0.29) is 5.91 Å². The van der Waals surface area contributed by atoms with Crippen LogP contribution in [0.5, 0.6) is 0 Å². The molecule has 1 aliphatic heterocycles. The standard InChI is InChI=1S/C29H43N9O/c1-36(2)18-8-4-3-7-15-31-29-34-26(25-27(35-29)38(21-32-25)24-9-5-6-10-24)33-23-13-11-22(12-14-23)28(39)37-19-16-30-17-20-37/h11-14,21,24,30H,3-10,15-20H2,1-2H3,(H2,31,33,34,35). The lowest BCUT2D eigenvalue weighted by molar-refractivity contribution is 0.0736. The average Bonchev–Trinajstić information content (AvgIpc) is 3.63. The van der Waals surface area contributed by atoms with Crippen molar-refractivity contribution in [2.45, 2.75) is 57.4 Å². The van der Waals surface area contributed by atoms with Crippen LogP contribution in [0.1, 0.15) is 67.8 Å². The quantitative estimate of drug-likeness (QED) is 0.297. The lowest BCUT2D eigenvalue weighted by Crippen LogP contribution is -2.46. The van der Waals surface area contributed by atoms with E-state index in [1.54, 1.807) is 0 Å². The Balaban J connectivity index is 1.29. The third-order valence-electron chi connectivity index (χ3n) is 7.75. The maximum atomic E-state index is 12.9. The van der Waals surface area contributed by atoms with Gasteiger partial charge in [0.25, 0.3) is 5.91 Å². The molecule has 210 valence electrons. The van der Waals surface area contributed by atoms with Crippen molar-refractivity contribution in [3.63, 3.8) is 0 Å². The number of nitrogens with zero attached hydrogens (tertiary/aromatic N) is 6. The molecule has 10 heteroatoms. The van der Waals surface area contributed by atoms with Gasteiger partial charge in [0.1, 0.15) is 0 Å². The van der Waals surface area contributed by atoms with Crippen molar-refractivity contribution >= 4 is 34.5 Å². The molecule has 3 N–H and O–H groups in total. The molecule has 1 aliphatic carbocycles. The second kappa shape index (κ2) is 13.2. The molecule has 1 saturated carbocycles. The van der Waals surface area contributed by atoms with E-state index < -0.39 is 0 Å². The Morgan fingerprint density at radius 2 is 1.77 bits per heavy atom. The van der Waals surface area contributed by atoms with Crippen molar-refractivity contribution < 1.29 is 4.79 Å². The first kappa shape index (κ1) is 27.3. The zero-order valence-electron chi connectivity index (χ0n) is 23.5. The first-order valence-electron chi connectivity index (χ1n) is 14.6. The molecule has 0 spiro atoms. The Morgan fingerprint density at radius 1 is 1.03 bits per heavy atom. The molecule has 1 saturated heterocycles. The number of benzene rings is 1. The zero-order chi connectivity index (χ0) is 27.0. The molecule has 0 radical (unpaired) electrons. The van der Waals surface area contributed by atoms with Gasteiger partial charge in [0, 0.05) is 50.0 Å². The molecule has 3 aromatic rings. The van der Waals surface area contributed by atoms with Crippen LogP contribution < -0.4 is 16.0 Å². The number of carbonyl (C=O) groups excluding carboxylic acids is 1. The molecule has 0 bridgehead atoms. The summed E-state index contributed by atoms with van der Waals surface area (Å²) in [6.45, 7) is 5.15. The number of rotatable bonds is 12. The highest BCUT2D eigenvalue weighted by Gasteiger charge is 2.22. The van der Waals surface area contributed by atoms with Gasteiger partial charge in [0.2, 0.25) is 5.95 Å². The number of carbonyl (C=O) groups is 1. The van der Waals surface area contributed by atoms with Crippen LogP contribution >= 0.6 is 0 Å². The fraction of sp³-hybridized carbons (Fsp3) is 0.586. The molecule has 3 heterocycles. The molecule has 2 aromatic heterocycles. The van der Waals surface area contributed by atoms with E-state index in [2.05, 4.69) is 39.5 Å². The summed E-state index contributed by atoms with van der Waals surface area (Å²) in [5.41, 5.74) is 3.22. The van der Waals surface area contributed by atoms with Gasteiger partial charge in [0.15, 0.2) is 17.0 Å². The number of amides is 1. The third-order valence-corrected chi connectivity index (χ3v) is 7.75. The molecular weight excluding hydrogens is 490 g/mol. The number of piperazine rings is 1. The largest absolute Gasteiger partial charge is 0.354 e. The molecule has 39 heavy (non-hydrogen) atoms. The fourth-order valence-electron chi connectivity index (χ4n) is 5.52. The van der Waals surface area contributed by atoms with Crippen LogP contribution in [-0.4, -0.2) is 88.6 Å². The molecule has 0 atom stereocenters. The summed E-state index contributed by atoms with van der Waals surface area (Å²) in [6.07, 6.45) is 11.5. The van der Waals surface area contributed by atoms with Crippen LogP contribution in [0.2, 0.25) is 0 Å². The Bertz CT molecular complexity index is 1210. The molecule has 2 aliphatic rings. The van der Waals surface area contributed by atoms with Gasteiger partial charge in [-0.15, -0.1) is 0 Å². The number of fused-ring (bicyclic) bond motifs is 1. The van der Waals surface area contributed by atoms with Crippen molar-refractivity contribution in [1.82, 2.24) is 34.6 Å². The van der Waals surface area contributed by atoms with E-state index in [9.17, 15) is 4.79 Å². The first-order valence-corrected chi connectivity index (χ1v) is 14.6. The van der Waals surface area contributed by atoms with E-state index in [4.69, 9.17) is 15.0 Å². The number of hydrogen-bond acceptors (Lipinski definition) is 8. The average molecular weight is 534 g/mol. The normalized spacial score (nSPS) is 16.3. The number of aromatic nitrogens is 4. The van der Waals surface area contributed by atoms with Crippen molar-refractivity contribution in [2.24, 2.45) is 0 Å². The van der Waals surface area contributed by atoms with Crippen LogP contribution in [0, 0.1) is 0 Å². The van der Waals surface area contributed by atoms with Crippen LogP contribution in [0.3, 0.4) is 0 Å². The van der Waals surface area contributed by atoms with Gasteiger partial charge in [-0.05, 0) is 70.6 Å². The number of hydrogen-bond donors (Lipinski definition) is 3. The summed E-state index contributed by atoms with van der Waals surface area (Å²) in [4.78, 5) is 31.5. The van der Waals surface area contributed by atoms with Gasteiger partial charge in [-0.1, -0.05) is 25.7 Å². The van der Waals surface area contributed by atoms with Gasteiger partial charge in [-0.2, -0.15) is 9.97 Å². The van der Waals surface area contributed by atoms with E-state index in [0.717, 1.165) is 75.4 Å². The summed E-state index contributed by atoms with van der Waals surface area (Å²) < 4.78 is 2.23. The van der Waals surface area contributed by atoms with Gasteiger partial charge in [-0.25, -0.2) is 4.98 Å². The molecule has 1 amide bonds. The molecular formula is C29H43N9O. The van der Waals surface area contributed by atoms with Gasteiger partial charge >= 0.3 is 0 Å². The van der Waals surface area contributed by atoms with E-state index in [1.165, 1.54) is 32.1 Å². The Morgan fingerprint density at radius 3 is 2.51 bits per heavy atom. The van der Waals surface area contributed by atoms with Gasteiger partial charge < -0.3 is 30.3 Å². The topological polar surface area (TPSA) is 103 Å². The molecule has 5 rings (SSSR count). The highest BCUT2D eigenvalue weighted by molar-refractivity contribution is 5.95. The molecule has 2 fully saturated rings. The van der Waals surface area contributed by atoms with Crippen LogP contribution in [0.25, 0.3) is 11.2 Å². The molecule has 0 unspecified atom stereocenters. The molecule has 1 aromatic carbocycles. The summed E-state index contributed by atoms with van der Waals surface area (Å²) in [7, 11) is 4.25.